The van der Waals surface area contributed by atoms with E-state index in [1.54, 1.807) is 11.1 Å². The number of hydrogen-bond donors (Lipinski definition) is 1. The molecular formula is C26H32N6O. The van der Waals surface area contributed by atoms with Crippen LogP contribution in [0.15, 0.2) is 73.4 Å². The fourth-order valence-electron chi connectivity index (χ4n) is 3.97. The summed E-state index contributed by atoms with van der Waals surface area (Å²) < 4.78 is 4.09. The second-order valence-electron chi connectivity index (χ2n) is 9.54. The average Bonchev–Trinajstić information content (AvgIpc) is 3.43. The Labute approximate surface area is 195 Å². The summed E-state index contributed by atoms with van der Waals surface area (Å²) in [6.45, 7) is 8.51. The number of amides is 1. The van der Waals surface area contributed by atoms with Gasteiger partial charge in [0, 0.05) is 51.3 Å². The molecule has 7 heteroatoms. The van der Waals surface area contributed by atoms with Gasteiger partial charge in [-0.25, -0.2) is 9.97 Å². The molecule has 4 rings (SSSR count). The summed E-state index contributed by atoms with van der Waals surface area (Å²) in [6.07, 6.45) is 7.57. The molecule has 1 N–H and O–H groups in total. The minimum absolute atomic E-state index is 0.0129. The molecule has 0 aliphatic heterocycles. The number of rotatable bonds is 8. The Bertz CT molecular complexity index is 1190. The Hall–Kier alpha value is -3.45. The van der Waals surface area contributed by atoms with Gasteiger partial charge in [-0.1, -0.05) is 57.2 Å². The summed E-state index contributed by atoms with van der Waals surface area (Å²) in [7, 11) is 1.83. The zero-order valence-corrected chi connectivity index (χ0v) is 19.8. The van der Waals surface area contributed by atoms with Crippen LogP contribution in [-0.4, -0.2) is 42.8 Å². The van der Waals surface area contributed by atoms with Crippen LogP contribution in [0.5, 0.6) is 0 Å². The third-order valence-corrected chi connectivity index (χ3v) is 5.95. The molecule has 3 heterocycles. The molecule has 3 aromatic heterocycles. The zero-order chi connectivity index (χ0) is 23.4. The number of benzene rings is 1. The van der Waals surface area contributed by atoms with Crippen LogP contribution in [0.2, 0.25) is 0 Å². The van der Waals surface area contributed by atoms with Gasteiger partial charge in [-0.2, -0.15) is 0 Å². The number of nitrogens with one attached hydrogen (secondary N) is 1. The van der Waals surface area contributed by atoms with Gasteiger partial charge < -0.3 is 19.2 Å². The van der Waals surface area contributed by atoms with E-state index in [0.29, 0.717) is 18.8 Å². The highest BCUT2D eigenvalue weighted by molar-refractivity contribution is 5.94. The molecule has 0 spiro atoms. The summed E-state index contributed by atoms with van der Waals surface area (Å²) in [5.41, 5.74) is 3.23. The summed E-state index contributed by atoms with van der Waals surface area (Å²) in [5.74, 6) is -0.0822. The smallest absolute Gasteiger partial charge is 0.274 e. The molecule has 0 fully saturated rings. The first-order valence-corrected chi connectivity index (χ1v) is 11.3. The van der Waals surface area contributed by atoms with Crippen LogP contribution in [0.4, 0.5) is 0 Å². The van der Waals surface area contributed by atoms with E-state index in [1.165, 1.54) is 0 Å². The lowest BCUT2D eigenvalue weighted by molar-refractivity contribution is 0.0778. The normalized spacial score (nSPS) is 12.7. The van der Waals surface area contributed by atoms with Gasteiger partial charge in [-0.3, -0.25) is 4.79 Å². The Balaban J connectivity index is 1.60. The number of hydrogen-bond acceptors (Lipinski definition) is 4. The van der Waals surface area contributed by atoms with Crippen molar-refractivity contribution in [2.45, 2.75) is 46.4 Å². The van der Waals surface area contributed by atoms with E-state index in [1.807, 2.05) is 78.7 Å². The van der Waals surface area contributed by atoms with Gasteiger partial charge in [0.1, 0.15) is 5.65 Å². The minimum atomic E-state index is -0.0822. The summed E-state index contributed by atoms with van der Waals surface area (Å²) in [6, 6.07) is 16.0. The van der Waals surface area contributed by atoms with Crippen LogP contribution in [0.3, 0.4) is 0 Å². The molecule has 172 valence electrons. The van der Waals surface area contributed by atoms with Crippen LogP contribution in [0.1, 0.15) is 42.5 Å². The molecule has 0 aliphatic carbocycles. The predicted molar refractivity (Wildman–Crippen MR) is 130 cm³/mol. The van der Waals surface area contributed by atoms with Gasteiger partial charge >= 0.3 is 0 Å². The third kappa shape index (κ3) is 5.31. The lowest BCUT2D eigenvalue weighted by Crippen LogP contribution is -2.43. The summed E-state index contributed by atoms with van der Waals surface area (Å²) in [4.78, 5) is 24.1. The highest BCUT2D eigenvalue weighted by atomic mass is 16.2. The van der Waals surface area contributed by atoms with Crippen LogP contribution in [-0.2, 0) is 19.6 Å². The second kappa shape index (κ2) is 9.58. The SMILES string of the molecule is CN(Cc1ccccc1)C(=O)c1nc2ccccn2c1CNC(Cn1ccnc1)C(C)(C)C. The fourth-order valence-corrected chi connectivity index (χ4v) is 3.97. The largest absolute Gasteiger partial charge is 0.336 e. The first-order chi connectivity index (χ1) is 15.8. The van der Waals surface area contributed by atoms with Crippen molar-refractivity contribution in [1.29, 1.82) is 0 Å². The quantitative estimate of drug-likeness (QED) is 0.446. The number of carbonyl (C=O) groups is 1. The standard InChI is InChI=1S/C26H32N6O/c1-26(2,3)22(18-31-15-13-27-19-31)28-16-21-24(29-23-12-8-9-14-32(21)23)25(33)30(4)17-20-10-6-5-7-11-20/h5-15,19,22,28H,16-18H2,1-4H3. The van der Waals surface area contributed by atoms with Gasteiger partial charge in [-0.05, 0) is 23.1 Å². The van der Waals surface area contributed by atoms with Crippen LogP contribution < -0.4 is 5.32 Å². The first-order valence-electron chi connectivity index (χ1n) is 11.3. The lowest BCUT2D eigenvalue weighted by Gasteiger charge is -2.32. The maximum absolute atomic E-state index is 13.4. The Morgan fingerprint density at radius 2 is 1.85 bits per heavy atom. The van der Waals surface area contributed by atoms with Crippen molar-refractivity contribution >= 4 is 11.6 Å². The van der Waals surface area contributed by atoms with Gasteiger partial charge in [0.05, 0.1) is 12.0 Å². The van der Waals surface area contributed by atoms with E-state index in [-0.39, 0.29) is 17.4 Å². The Morgan fingerprint density at radius 3 is 2.55 bits per heavy atom. The van der Waals surface area contributed by atoms with E-state index >= 15 is 0 Å². The van der Waals surface area contributed by atoms with E-state index < -0.39 is 0 Å². The molecule has 0 aliphatic rings. The predicted octanol–water partition coefficient (Wildman–Crippen LogP) is 4.01. The highest BCUT2D eigenvalue weighted by Gasteiger charge is 2.27. The number of imidazole rings is 2. The monoisotopic (exact) mass is 444 g/mol. The van der Waals surface area contributed by atoms with Crippen LogP contribution in [0.25, 0.3) is 5.65 Å². The average molecular weight is 445 g/mol. The van der Waals surface area contributed by atoms with Crippen molar-refractivity contribution in [2.24, 2.45) is 5.41 Å². The van der Waals surface area contributed by atoms with Crippen molar-refractivity contribution in [1.82, 2.24) is 29.2 Å². The van der Waals surface area contributed by atoms with Crippen LogP contribution >= 0.6 is 0 Å². The molecule has 1 amide bonds. The molecule has 7 nitrogen and oxygen atoms in total. The minimum Gasteiger partial charge on any atom is -0.336 e. The van der Waals surface area contributed by atoms with E-state index in [0.717, 1.165) is 23.4 Å². The fraction of sp³-hybridized carbons (Fsp3) is 0.346. The number of fused-ring (bicyclic) bond motifs is 1. The third-order valence-electron chi connectivity index (χ3n) is 5.95. The zero-order valence-electron chi connectivity index (χ0n) is 19.8. The van der Waals surface area contributed by atoms with Crippen molar-refractivity contribution < 1.29 is 4.79 Å². The molecule has 1 unspecified atom stereocenters. The molecule has 4 aromatic rings. The molecule has 0 saturated heterocycles. The van der Waals surface area contributed by atoms with Crippen molar-refractivity contribution in [2.75, 3.05) is 7.05 Å². The maximum atomic E-state index is 13.4. The van der Waals surface area contributed by atoms with Crippen molar-refractivity contribution in [3.05, 3.63) is 90.4 Å². The second-order valence-corrected chi connectivity index (χ2v) is 9.54. The van der Waals surface area contributed by atoms with Crippen molar-refractivity contribution in [3.8, 4) is 0 Å². The molecule has 1 atom stereocenters. The number of aromatic nitrogens is 4. The molecule has 1 aromatic carbocycles. The van der Waals surface area contributed by atoms with Gasteiger partial charge in [0.25, 0.3) is 5.91 Å². The molecule has 0 bridgehead atoms. The van der Waals surface area contributed by atoms with E-state index in [2.05, 4.69) is 35.6 Å². The topological polar surface area (TPSA) is 67.5 Å². The molecule has 0 radical (unpaired) electrons. The number of carbonyl (C=O) groups excluding carboxylic acids is 1. The van der Waals surface area contributed by atoms with Crippen LogP contribution in [0, 0.1) is 5.41 Å². The molecule has 33 heavy (non-hydrogen) atoms. The molecule has 0 saturated carbocycles. The first kappa shape index (κ1) is 22.7. The maximum Gasteiger partial charge on any atom is 0.274 e. The lowest BCUT2D eigenvalue weighted by atomic mass is 9.86. The highest BCUT2D eigenvalue weighted by Crippen LogP contribution is 2.22. The Kier molecular flexibility index (Phi) is 6.60. The van der Waals surface area contributed by atoms with Crippen molar-refractivity contribution in [3.63, 3.8) is 0 Å². The Morgan fingerprint density at radius 1 is 1.09 bits per heavy atom. The summed E-state index contributed by atoms with van der Waals surface area (Å²) >= 11 is 0. The summed E-state index contributed by atoms with van der Waals surface area (Å²) in [5, 5.41) is 3.70. The molecular weight excluding hydrogens is 412 g/mol. The van der Waals surface area contributed by atoms with Gasteiger partial charge in [-0.15, -0.1) is 0 Å². The number of pyridine rings is 1. The van der Waals surface area contributed by atoms with Gasteiger partial charge in [0.2, 0.25) is 0 Å². The number of nitrogens with zero attached hydrogens (tertiary/aromatic N) is 5. The van der Waals surface area contributed by atoms with E-state index in [9.17, 15) is 4.79 Å². The van der Waals surface area contributed by atoms with Gasteiger partial charge in [0.15, 0.2) is 5.69 Å². The van der Waals surface area contributed by atoms with E-state index in [4.69, 9.17) is 4.98 Å².